The molecule has 0 aromatic heterocycles. The van der Waals surface area contributed by atoms with Crippen LogP contribution in [0.4, 0.5) is 0 Å². The fourth-order valence-electron chi connectivity index (χ4n) is 1.94. The van der Waals surface area contributed by atoms with Crippen molar-refractivity contribution < 1.29 is 4.79 Å². The highest BCUT2D eigenvalue weighted by molar-refractivity contribution is 5.82. The molecule has 3 N–H and O–H groups in total. The lowest BCUT2D eigenvalue weighted by molar-refractivity contribution is -0.118. The van der Waals surface area contributed by atoms with Gasteiger partial charge in [0.05, 0.1) is 12.4 Å². The fraction of sp³-hybridized carbons (Fsp3) is 0.818. The van der Waals surface area contributed by atoms with Crippen LogP contribution in [0, 0.1) is 5.92 Å². The van der Waals surface area contributed by atoms with E-state index in [1.54, 1.807) is 0 Å². The molecule has 1 rings (SSSR count). The molecule has 0 unspecified atom stereocenters. The summed E-state index contributed by atoms with van der Waals surface area (Å²) in [4.78, 5) is 14.9. The van der Waals surface area contributed by atoms with E-state index in [9.17, 15) is 4.79 Å². The third-order valence-electron chi connectivity index (χ3n) is 2.80. The molecule has 0 aromatic carbocycles. The van der Waals surface area contributed by atoms with Crippen LogP contribution in [0.15, 0.2) is 4.99 Å². The second-order valence-electron chi connectivity index (χ2n) is 4.12. The number of hydrogen-bond acceptors (Lipinski definition) is 2. The van der Waals surface area contributed by atoms with E-state index in [0.717, 1.165) is 5.84 Å². The standard InChI is InChI=1S/C11H21N3O/c1-9(15)13-7-8-14-11(12)10-5-3-2-4-6-10/h10H,2-8H2,1H3,(H2,12,14)(H,13,15). The molecule has 86 valence electrons. The summed E-state index contributed by atoms with van der Waals surface area (Å²) in [5.41, 5.74) is 5.90. The number of nitrogens with one attached hydrogen (secondary N) is 1. The molecule has 0 atom stereocenters. The van der Waals surface area contributed by atoms with Crippen molar-refractivity contribution in [3.05, 3.63) is 0 Å². The summed E-state index contributed by atoms with van der Waals surface area (Å²) in [6.45, 7) is 2.69. The van der Waals surface area contributed by atoms with Crippen LogP contribution in [0.1, 0.15) is 39.0 Å². The second kappa shape index (κ2) is 6.43. The SMILES string of the molecule is CC(=O)NCCN=C(N)C1CCCCC1. The van der Waals surface area contributed by atoms with E-state index in [2.05, 4.69) is 10.3 Å². The van der Waals surface area contributed by atoms with Crippen LogP contribution in [0.2, 0.25) is 0 Å². The van der Waals surface area contributed by atoms with Gasteiger partial charge in [-0.1, -0.05) is 19.3 Å². The van der Waals surface area contributed by atoms with Crippen LogP contribution in [0.3, 0.4) is 0 Å². The normalized spacial score (nSPS) is 18.9. The molecule has 15 heavy (non-hydrogen) atoms. The Morgan fingerprint density at radius 2 is 2.07 bits per heavy atom. The van der Waals surface area contributed by atoms with Crippen LogP contribution in [0.25, 0.3) is 0 Å². The van der Waals surface area contributed by atoms with E-state index < -0.39 is 0 Å². The van der Waals surface area contributed by atoms with Crippen molar-refractivity contribution >= 4 is 11.7 Å². The third-order valence-corrected chi connectivity index (χ3v) is 2.80. The Hall–Kier alpha value is -1.06. The minimum Gasteiger partial charge on any atom is -0.387 e. The van der Waals surface area contributed by atoms with Crippen molar-refractivity contribution in [2.75, 3.05) is 13.1 Å². The lowest BCUT2D eigenvalue weighted by atomic mass is 9.88. The van der Waals surface area contributed by atoms with Crippen LogP contribution >= 0.6 is 0 Å². The van der Waals surface area contributed by atoms with Gasteiger partial charge in [-0.05, 0) is 12.8 Å². The predicted molar refractivity (Wildman–Crippen MR) is 61.7 cm³/mol. The van der Waals surface area contributed by atoms with Crippen molar-refractivity contribution in [1.82, 2.24) is 5.32 Å². The number of rotatable bonds is 4. The van der Waals surface area contributed by atoms with E-state index >= 15 is 0 Å². The molecule has 1 aliphatic carbocycles. The molecule has 1 aliphatic rings. The first-order chi connectivity index (χ1) is 7.20. The van der Waals surface area contributed by atoms with E-state index in [4.69, 9.17) is 5.73 Å². The molecule has 4 heteroatoms. The molecule has 0 bridgehead atoms. The summed E-state index contributed by atoms with van der Waals surface area (Å²) in [5, 5.41) is 2.70. The van der Waals surface area contributed by atoms with Crippen molar-refractivity contribution in [2.24, 2.45) is 16.6 Å². The Bertz CT molecular complexity index is 232. The van der Waals surface area contributed by atoms with Gasteiger partial charge in [-0.25, -0.2) is 0 Å². The summed E-state index contributed by atoms with van der Waals surface area (Å²) in [6.07, 6.45) is 6.22. The lowest BCUT2D eigenvalue weighted by Crippen LogP contribution is -2.28. The Balaban J connectivity index is 2.22. The second-order valence-corrected chi connectivity index (χ2v) is 4.12. The zero-order valence-electron chi connectivity index (χ0n) is 9.46. The molecule has 0 aromatic rings. The number of carbonyl (C=O) groups excluding carboxylic acids is 1. The predicted octanol–water partition coefficient (Wildman–Crippen LogP) is 1.06. The Kier molecular flexibility index (Phi) is 5.15. The average Bonchev–Trinajstić information content (AvgIpc) is 2.25. The Morgan fingerprint density at radius 3 is 2.67 bits per heavy atom. The number of hydrogen-bond donors (Lipinski definition) is 2. The molecule has 0 saturated heterocycles. The zero-order valence-corrected chi connectivity index (χ0v) is 9.46. The van der Waals surface area contributed by atoms with E-state index in [-0.39, 0.29) is 5.91 Å². The van der Waals surface area contributed by atoms with Crippen molar-refractivity contribution in [1.29, 1.82) is 0 Å². The zero-order chi connectivity index (χ0) is 11.1. The first-order valence-corrected chi connectivity index (χ1v) is 5.74. The number of aliphatic imine (C=N–C) groups is 1. The highest BCUT2D eigenvalue weighted by Gasteiger charge is 2.16. The third kappa shape index (κ3) is 4.81. The van der Waals surface area contributed by atoms with Gasteiger partial charge in [-0.15, -0.1) is 0 Å². The molecule has 0 spiro atoms. The Morgan fingerprint density at radius 1 is 1.40 bits per heavy atom. The summed E-state index contributed by atoms with van der Waals surface area (Å²) in [5.74, 6) is 1.25. The molecular weight excluding hydrogens is 190 g/mol. The minimum absolute atomic E-state index is 0.0126. The highest BCUT2D eigenvalue weighted by atomic mass is 16.1. The maximum atomic E-state index is 10.6. The van der Waals surface area contributed by atoms with Gasteiger partial charge in [0.2, 0.25) is 5.91 Å². The topological polar surface area (TPSA) is 67.5 Å². The van der Waals surface area contributed by atoms with Gasteiger partial charge in [0.25, 0.3) is 0 Å². The summed E-state index contributed by atoms with van der Waals surface area (Å²) >= 11 is 0. The van der Waals surface area contributed by atoms with Gasteiger partial charge in [0.15, 0.2) is 0 Å². The smallest absolute Gasteiger partial charge is 0.216 e. The molecule has 1 saturated carbocycles. The maximum Gasteiger partial charge on any atom is 0.216 e. The first-order valence-electron chi connectivity index (χ1n) is 5.74. The van der Waals surface area contributed by atoms with Crippen LogP contribution in [-0.4, -0.2) is 24.8 Å². The monoisotopic (exact) mass is 211 g/mol. The Labute approximate surface area is 91.3 Å². The van der Waals surface area contributed by atoms with Crippen LogP contribution < -0.4 is 11.1 Å². The van der Waals surface area contributed by atoms with Gasteiger partial charge in [0.1, 0.15) is 0 Å². The van der Waals surface area contributed by atoms with E-state index in [1.165, 1.54) is 39.0 Å². The molecule has 0 aliphatic heterocycles. The number of nitrogens with two attached hydrogens (primary N) is 1. The molecule has 1 amide bonds. The lowest BCUT2D eigenvalue weighted by Gasteiger charge is -2.20. The van der Waals surface area contributed by atoms with Gasteiger partial charge < -0.3 is 11.1 Å². The molecule has 1 fully saturated rings. The van der Waals surface area contributed by atoms with Gasteiger partial charge in [-0.3, -0.25) is 9.79 Å². The number of amides is 1. The molecule has 0 heterocycles. The summed E-state index contributed by atoms with van der Waals surface area (Å²) in [7, 11) is 0. The van der Waals surface area contributed by atoms with Crippen molar-refractivity contribution in [3.63, 3.8) is 0 Å². The van der Waals surface area contributed by atoms with Crippen molar-refractivity contribution in [3.8, 4) is 0 Å². The van der Waals surface area contributed by atoms with Crippen LogP contribution in [-0.2, 0) is 4.79 Å². The quantitative estimate of drug-likeness (QED) is 0.415. The average molecular weight is 211 g/mol. The van der Waals surface area contributed by atoms with Crippen molar-refractivity contribution in [2.45, 2.75) is 39.0 Å². The summed E-state index contributed by atoms with van der Waals surface area (Å²) < 4.78 is 0. The molecule has 0 radical (unpaired) electrons. The van der Waals surface area contributed by atoms with E-state index in [0.29, 0.717) is 19.0 Å². The highest BCUT2D eigenvalue weighted by Crippen LogP contribution is 2.23. The first kappa shape index (κ1) is 12.0. The molecular formula is C11H21N3O. The van der Waals surface area contributed by atoms with Gasteiger partial charge >= 0.3 is 0 Å². The number of amidine groups is 1. The maximum absolute atomic E-state index is 10.6. The van der Waals surface area contributed by atoms with Gasteiger partial charge in [0, 0.05) is 19.4 Å². The number of nitrogens with zero attached hydrogens (tertiary/aromatic N) is 1. The fourth-order valence-corrected chi connectivity index (χ4v) is 1.94. The minimum atomic E-state index is -0.0126. The summed E-state index contributed by atoms with van der Waals surface area (Å²) in [6, 6.07) is 0. The van der Waals surface area contributed by atoms with Crippen LogP contribution in [0.5, 0.6) is 0 Å². The largest absolute Gasteiger partial charge is 0.387 e. The van der Waals surface area contributed by atoms with Gasteiger partial charge in [-0.2, -0.15) is 0 Å². The van der Waals surface area contributed by atoms with E-state index in [1.807, 2.05) is 0 Å². The number of carbonyl (C=O) groups is 1. The molecule has 4 nitrogen and oxygen atoms in total.